The van der Waals surface area contributed by atoms with Gasteiger partial charge in [-0.2, -0.15) is 0 Å². The number of amides is 2. The van der Waals surface area contributed by atoms with Crippen LogP contribution >= 0.6 is 0 Å². The quantitative estimate of drug-likeness (QED) is 0.728. The van der Waals surface area contributed by atoms with E-state index in [1.807, 2.05) is 6.92 Å². The van der Waals surface area contributed by atoms with E-state index in [1.54, 1.807) is 18.2 Å². The summed E-state index contributed by atoms with van der Waals surface area (Å²) in [4.78, 5) is 23.0. The number of hydrogen-bond acceptors (Lipinski definition) is 4. The van der Waals surface area contributed by atoms with E-state index in [-0.39, 0.29) is 18.6 Å². The van der Waals surface area contributed by atoms with Crippen molar-refractivity contribution in [1.82, 2.24) is 5.32 Å². The molecule has 0 fully saturated rings. The van der Waals surface area contributed by atoms with E-state index in [9.17, 15) is 9.59 Å². The van der Waals surface area contributed by atoms with Crippen molar-refractivity contribution < 1.29 is 19.1 Å². The minimum Gasteiger partial charge on any atom is -0.493 e. The van der Waals surface area contributed by atoms with Crippen molar-refractivity contribution in [2.24, 2.45) is 11.7 Å². The standard InChI is InChI=1S/C17H26N2O4/c1-11(2)5-6-12(3)19-17(21)13-7-8-14(15(9-13)22-4)23-10-16(18)20/h7-9,11-12H,5-6,10H2,1-4H3,(H2,18,20)(H,19,21). The molecule has 0 radical (unpaired) electrons. The average molecular weight is 322 g/mol. The van der Waals surface area contributed by atoms with Gasteiger partial charge in [0.25, 0.3) is 11.8 Å². The highest BCUT2D eigenvalue weighted by molar-refractivity contribution is 5.95. The van der Waals surface area contributed by atoms with Crippen LogP contribution in [0, 0.1) is 5.92 Å². The Morgan fingerprint density at radius 2 is 1.87 bits per heavy atom. The fourth-order valence-electron chi connectivity index (χ4n) is 2.04. The smallest absolute Gasteiger partial charge is 0.255 e. The summed E-state index contributed by atoms with van der Waals surface area (Å²) in [5.74, 6) is 0.620. The third-order valence-electron chi connectivity index (χ3n) is 3.35. The van der Waals surface area contributed by atoms with Gasteiger partial charge in [0.2, 0.25) is 0 Å². The summed E-state index contributed by atoms with van der Waals surface area (Å²) in [6.07, 6.45) is 1.99. The number of primary amides is 1. The van der Waals surface area contributed by atoms with Crippen molar-refractivity contribution in [3.63, 3.8) is 0 Å². The van der Waals surface area contributed by atoms with Crippen molar-refractivity contribution in [2.45, 2.75) is 39.7 Å². The van der Waals surface area contributed by atoms with Crippen LogP contribution in [-0.4, -0.2) is 31.6 Å². The Morgan fingerprint density at radius 1 is 1.17 bits per heavy atom. The van der Waals surface area contributed by atoms with Gasteiger partial charge in [0.1, 0.15) is 0 Å². The third kappa shape index (κ3) is 6.59. The molecular formula is C17H26N2O4. The van der Waals surface area contributed by atoms with Gasteiger partial charge in [-0.15, -0.1) is 0 Å². The number of nitrogens with one attached hydrogen (secondary N) is 1. The number of hydrogen-bond donors (Lipinski definition) is 2. The fraction of sp³-hybridized carbons (Fsp3) is 0.529. The molecular weight excluding hydrogens is 296 g/mol. The highest BCUT2D eigenvalue weighted by Gasteiger charge is 2.14. The Balaban J connectivity index is 2.72. The monoisotopic (exact) mass is 322 g/mol. The van der Waals surface area contributed by atoms with Crippen molar-refractivity contribution in [2.75, 3.05) is 13.7 Å². The zero-order chi connectivity index (χ0) is 17.4. The van der Waals surface area contributed by atoms with Gasteiger partial charge < -0.3 is 20.5 Å². The van der Waals surface area contributed by atoms with Crippen molar-refractivity contribution >= 4 is 11.8 Å². The number of carbonyl (C=O) groups is 2. The van der Waals surface area contributed by atoms with Gasteiger partial charge in [-0.1, -0.05) is 13.8 Å². The first kappa shape index (κ1) is 18.8. The number of ether oxygens (including phenoxy) is 2. The van der Waals surface area contributed by atoms with Crippen molar-refractivity contribution in [3.05, 3.63) is 23.8 Å². The molecule has 3 N–H and O–H groups in total. The lowest BCUT2D eigenvalue weighted by atomic mass is 10.0. The van der Waals surface area contributed by atoms with E-state index in [0.717, 1.165) is 12.8 Å². The Kier molecular flexibility index (Phi) is 7.38. The first-order valence-corrected chi connectivity index (χ1v) is 7.73. The number of methoxy groups -OCH3 is 1. The topological polar surface area (TPSA) is 90.7 Å². The summed E-state index contributed by atoms with van der Waals surface area (Å²) < 4.78 is 10.4. The molecule has 1 aromatic rings. The zero-order valence-electron chi connectivity index (χ0n) is 14.2. The second kappa shape index (κ2) is 9.02. The Bertz CT molecular complexity index is 543. The van der Waals surface area contributed by atoms with Crippen molar-refractivity contribution in [1.29, 1.82) is 0 Å². The maximum absolute atomic E-state index is 12.3. The minimum absolute atomic E-state index is 0.0988. The third-order valence-corrected chi connectivity index (χ3v) is 3.35. The summed E-state index contributed by atoms with van der Waals surface area (Å²) in [6.45, 7) is 6.06. The summed E-state index contributed by atoms with van der Waals surface area (Å²) in [5.41, 5.74) is 5.52. The minimum atomic E-state index is -0.576. The highest BCUT2D eigenvalue weighted by Crippen LogP contribution is 2.28. The van der Waals surface area contributed by atoms with Crippen LogP contribution in [0.4, 0.5) is 0 Å². The van der Waals surface area contributed by atoms with Crippen LogP contribution in [0.3, 0.4) is 0 Å². The zero-order valence-corrected chi connectivity index (χ0v) is 14.2. The fourth-order valence-corrected chi connectivity index (χ4v) is 2.04. The molecule has 23 heavy (non-hydrogen) atoms. The number of nitrogens with two attached hydrogens (primary N) is 1. The summed E-state index contributed by atoms with van der Waals surface area (Å²) in [6, 6.07) is 4.90. The molecule has 0 spiro atoms. The van der Waals surface area contributed by atoms with Crippen LogP contribution in [0.5, 0.6) is 11.5 Å². The molecule has 0 bridgehead atoms. The largest absolute Gasteiger partial charge is 0.493 e. The van der Waals surface area contributed by atoms with Crippen LogP contribution in [-0.2, 0) is 4.79 Å². The van der Waals surface area contributed by atoms with Crippen LogP contribution in [0.1, 0.15) is 44.0 Å². The van der Waals surface area contributed by atoms with E-state index in [2.05, 4.69) is 19.2 Å². The van der Waals surface area contributed by atoms with Crippen LogP contribution in [0.15, 0.2) is 18.2 Å². The first-order chi connectivity index (χ1) is 10.8. The Labute approximate surface area is 137 Å². The lowest BCUT2D eigenvalue weighted by molar-refractivity contribution is -0.119. The maximum Gasteiger partial charge on any atom is 0.255 e. The normalized spacial score (nSPS) is 11.9. The maximum atomic E-state index is 12.3. The molecule has 0 aromatic heterocycles. The summed E-state index contributed by atoms with van der Waals surface area (Å²) in [7, 11) is 1.47. The molecule has 1 atom stereocenters. The molecule has 1 rings (SSSR count). The van der Waals surface area contributed by atoms with E-state index in [4.69, 9.17) is 15.2 Å². The second-order valence-corrected chi connectivity index (χ2v) is 5.97. The van der Waals surface area contributed by atoms with Gasteiger partial charge in [0.05, 0.1) is 7.11 Å². The van der Waals surface area contributed by atoms with Crippen LogP contribution in [0.2, 0.25) is 0 Å². The number of carbonyl (C=O) groups excluding carboxylic acids is 2. The lowest BCUT2D eigenvalue weighted by Gasteiger charge is -2.16. The summed E-state index contributed by atoms with van der Waals surface area (Å²) >= 11 is 0. The molecule has 0 aliphatic rings. The predicted octanol–water partition coefficient (Wildman–Crippen LogP) is 2.11. The Hall–Kier alpha value is -2.24. The van der Waals surface area contributed by atoms with Gasteiger partial charge in [-0.25, -0.2) is 0 Å². The van der Waals surface area contributed by atoms with E-state index in [1.165, 1.54) is 7.11 Å². The molecule has 6 nitrogen and oxygen atoms in total. The van der Waals surface area contributed by atoms with Gasteiger partial charge in [0.15, 0.2) is 18.1 Å². The van der Waals surface area contributed by atoms with E-state index >= 15 is 0 Å². The molecule has 1 unspecified atom stereocenters. The van der Waals surface area contributed by atoms with Gasteiger partial charge in [-0.3, -0.25) is 9.59 Å². The molecule has 0 aliphatic carbocycles. The van der Waals surface area contributed by atoms with Crippen LogP contribution < -0.4 is 20.5 Å². The average Bonchev–Trinajstić information content (AvgIpc) is 2.50. The van der Waals surface area contributed by atoms with Crippen molar-refractivity contribution in [3.8, 4) is 11.5 Å². The first-order valence-electron chi connectivity index (χ1n) is 7.73. The molecule has 2 amide bonds. The number of benzene rings is 1. The number of rotatable bonds is 9. The molecule has 0 heterocycles. The molecule has 6 heteroatoms. The molecule has 128 valence electrons. The molecule has 0 aliphatic heterocycles. The predicted molar refractivity (Wildman–Crippen MR) is 88.7 cm³/mol. The lowest BCUT2D eigenvalue weighted by Crippen LogP contribution is -2.32. The Morgan fingerprint density at radius 3 is 2.43 bits per heavy atom. The van der Waals surface area contributed by atoms with E-state index in [0.29, 0.717) is 23.0 Å². The molecule has 1 aromatic carbocycles. The SMILES string of the molecule is COc1cc(C(=O)NC(C)CCC(C)C)ccc1OCC(N)=O. The molecule has 0 saturated carbocycles. The second-order valence-electron chi connectivity index (χ2n) is 5.97. The van der Waals surface area contributed by atoms with Gasteiger partial charge >= 0.3 is 0 Å². The van der Waals surface area contributed by atoms with E-state index < -0.39 is 5.91 Å². The van der Waals surface area contributed by atoms with Gasteiger partial charge in [0, 0.05) is 11.6 Å². The highest BCUT2D eigenvalue weighted by atomic mass is 16.5. The molecule has 0 saturated heterocycles. The van der Waals surface area contributed by atoms with Gasteiger partial charge in [-0.05, 0) is 43.9 Å². The van der Waals surface area contributed by atoms with Crippen LogP contribution in [0.25, 0.3) is 0 Å². The summed E-state index contributed by atoms with van der Waals surface area (Å²) in [5, 5.41) is 2.96.